The van der Waals surface area contributed by atoms with Crippen LogP contribution in [0.1, 0.15) is 34.7 Å². The molecule has 6 N–H and O–H groups in total. The molecule has 0 radical (unpaired) electrons. The van der Waals surface area contributed by atoms with Crippen LogP contribution in [0.25, 0.3) is 11.2 Å². The van der Waals surface area contributed by atoms with Crippen molar-refractivity contribution in [1.29, 1.82) is 0 Å². The molecule has 2 heterocycles. The number of anilines is 2. The molecule has 1 atom stereocenters. The van der Waals surface area contributed by atoms with Gasteiger partial charge < -0.3 is 26.6 Å². The number of aromatic nitrogens is 4. The van der Waals surface area contributed by atoms with Crippen LogP contribution >= 0.6 is 0 Å². The van der Waals surface area contributed by atoms with Crippen LogP contribution in [0.3, 0.4) is 0 Å². The Balaban J connectivity index is 1.62. The summed E-state index contributed by atoms with van der Waals surface area (Å²) in [5, 5.41) is 23.3. The molecule has 3 aromatic rings. The van der Waals surface area contributed by atoms with Gasteiger partial charge >= 0.3 is 11.9 Å². The van der Waals surface area contributed by atoms with Gasteiger partial charge in [0.2, 0.25) is 0 Å². The maximum Gasteiger partial charge on any atom is 0.326 e. The highest BCUT2D eigenvalue weighted by molar-refractivity contribution is 5.97. The summed E-state index contributed by atoms with van der Waals surface area (Å²) in [6, 6.07) is 5.06. The zero-order valence-corrected chi connectivity index (χ0v) is 17.1. The smallest absolute Gasteiger partial charge is 0.326 e. The molecule has 1 aromatic carbocycles. The standard InChI is InChI=1S/C20H21N7O5/c1-10-24-17(21)16-18(25-10)23-9-13(26-16)8-22-12-4-2-11(3-5-12)19(30)27-14(20(31)32)6-7-15(28)29/h2-5,9,14,22H,6-8H2,1H3,(H,27,30)(H,28,29)(H,31,32)(H2,21,23,24,25)/t14-/m0/s1. The second-order valence-electron chi connectivity index (χ2n) is 6.92. The number of nitrogens with zero attached hydrogens (tertiary/aromatic N) is 4. The van der Waals surface area contributed by atoms with Gasteiger partial charge in [0.1, 0.15) is 11.9 Å². The number of carbonyl (C=O) groups excluding carboxylic acids is 1. The second kappa shape index (κ2) is 9.64. The summed E-state index contributed by atoms with van der Waals surface area (Å²) in [5.74, 6) is -2.28. The number of nitrogens with one attached hydrogen (secondary N) is 2. The lowest BCUT2D eigenvalue weighted by molar-refractivity contribution is -0.140. The highest BCUT2D eigenvalue weighted by Gasteiger charge is 2.21. The maximum atomic E-state index is 12.3. The molecule has 2 aromatic heterocycles. The minimum absolute atomic E-state index is 0.210. The van der Waals surface area contributed by atoms with Crippen molar-refractivity contribution < 1.29 is 24.6 Å². The molecule has 0 aliphatic heterocycles. The quantitative estimate of drug-likeness (QED) is 0.319. The van der Waals surface area contributed by atoms with Gasteiger partial charge in [0.25, 0.3) is 5.91 Å². The van der Waals surface area contributed by atoms with E-state index in [-0.39, 0.29) is 24.2 Å². The van der Waals surface area contributed by atoms with Crippen molar-refractivity contribution in [3.63, 3.8) is 0 Å². The molecule has 0 spiro atoms. The lowest BCUT2D eigenvalue weighted by atomic mass is 10.1. The van der Waals surface area contributed by atoms with Crippen molar-refractivity contribution in [2.24, 2.45) is 0 Å². The molecule has 32 heavy (non-hydrogen) atoms. The number of carboxylic acids is 2. The molecule has 0 aliphatic carbocycles. The third kappa shape index (κ3) is 5.62. The number of benzene rings is 1. The number of nitrogen functional groups attached to an aromatic ring is 1. The summed E-state index contributed by atoms with van der Waals surface area (Å²) in [6.07, 6.45) is 0.999. The molecule has 166 valence electrons. The summed E-state index contributed by atoms with van der Waals surface area (Å²) in [5.41, 5.74) is 8.26. The fraction of sp³-hybridized carbons (Fsp3) is 0.250. The average Bonchev–Trinajstić information content (AvgIpc) is 2.75. The van der Waals surface area contributed by atoms with Crippen LogP contribution in [0, 0.1) is 6.92 Å². The number of aryl methyl sites for hydroxylation is 1. The molecule has 0 aliphatic rings. The lowest BCUT2D eigenvalue weighted by Gasteiger charge is -2.14. The van der Waals surface area contributed by atoms with Crippen molar-refractivity contribution in [2.75, 3.05) is 11.1 Å². The maximum absolute atomic E-state index is 12.3. The third-order valence-electron chi connectivity index (χ3n) is 4.47. The van der Waals surface area contributed by atoms with Gasteiger partial charge in [-0.15, -0.1) is 0 Å². The monoisotopic (exact) mass is 439 g/mol. The molecular formula is C20H21N7O5. The van der Waals surface area contributed by atoms with Crippen molar-refractivity contribution >= 4 is 40.5 Å². The van der Waals surface area contributed by atoms with Crippen molar-refractivity contribution in [2.45, 2.75) is 32.4 Å². The average molecular weight is 439 g/mol. The normalized spacial score (nSPS) is 11.7. The van der Waals surface area contributed by atoms with E-state index in [1.165, 1.54) is 12.1 Å². The Hall–Kier alpha value is -4.35. The number of carbonyl (C=O) groups is 3. The molecule has 12 nitrogen and oxygen atoms in total. The van der Waals surface area contributed by atoms with Gasteiger partial charge in [-0.1, -0.05) is 0 Å². The lowest BCUT2D eigenvalue weighted by Crippen LogP contribution is -2.41. The van der Waals surface area contributed by atoms with Gasteiger partial charge in [0.05, 0.1) is 18.4 Å². The van der Waals surface area contributed by atoms with Gasteiger partial charge in [-0.25, -0.2) is 24.7 Å². The fourth-order valence-electron chi connectivity index (χ4n) is 2.86. The number of carboxylic acid groups (broad SMARTS) is 2. The number of hydrogen-bond acceptors (Lipinski definition) is 9. The van der Waals surface area contributed by atoms with Crippen LogP contribution in [0.4, 0.5) is 11.5 Å². The van der Waals surface area contributed by atoms with E-state index in [0.717, 1.165) is 0 Å². The van der Waals surface area contributed by atoms with Gasteiger partial charge in [0, 0.05) is 17.7 Å². The zero-order chi connectivity index (χ0) is 23.3. The summed E-state index contributed by atoms with van der Waals surface area (Å²) < 4.78 is 0. The Labute approximate surface area is 181 Å². The SMILES string of the molecule is Cc1nc(N)c2nc(CNc3ccc(C(=O)N[C@@H](CCC(=O)O)C(=O)O)cc3)cnc2n1. The Morgan fingerprint density at radius 2 is 1.81 bits per heavy atom. The topological polar surface area (TPSA) is 193 Å². The van der Waals surface area contributed by atoms with Gasteiger partial charge in [-0.2, -0.15) is 0 Å². The predicted octanol–water partition coefficient (Wildman–Crippen LogP) is 0.970. The molecule has 3 rings (SSSR count). The fourth-order valence-corrected chi connectivity index (χ4v) is 2.86. The van der Waals surface area contributed by atoms with E-state index in [4.69, 9.17) is 15.9 Å². The van der Waals surface area contributed by atoms with Crippen LogP contribution in [0.2, 0.25) is 0 Å². The van der Waals surface area contributed by atoms with Gasteiger partial charge in [-0.3, -0.25) is 9.59 Å². The number of hydrogen-bond donors (Lipinski definition) is 5. The Morgan fingerprint density at radius 3 is 2.47 bits per heavy atom. The van der Waals surface area contributed by atoms with Crippen molar-refractivity contribution in [3.8, 4) is 0 Å². The van der Waals surface area contributed by atoms with E-state index in [1.807, 2.05) is 0 Å². The number of rotatable bonds is 9. The Bertz CT molecular complexity index is 1170. The first kappa shape index (κ1) is 22.3. The van der Waals surface area contributed by atoms with Crippen LogP contribution in [0.15, 0.2) is 30.5 Å². The van der Waals surface area contributed by atoms with Crippen LogP contribution in [-0.4, -0.2) is 54.0 Å². The van der Waals surface area contributed by atoms with Crippen molar-refractivity contribution in [3.05, 3.63) is 47.5 Å². The second-order valence-corrected chi connectivity index (χ2v) is 6.92. The van der Waals surface area contributed by atoms with E-state index in [2.05, 4.69) is 30.6 Å². The number of aliphatic carboxylic acids is 2. The molecular weight excluding hydrogens is 418 g/mol. The van der Waals surface area contributed by atoms with Crippen LogP contribution in [0.5, 0.6) is 0 Å². The Morgan fingerprint density at radius 1 is 1.09 bits per heavy atom. The summed E-state index contributed by atoms with van der Waals surface area (Å²) in [7, 11) is 0. The van der Waals surface area contributed by atoms with E-state index in [9.17, 15) is 14.4 Å². The molecule has 12 heteroatoms. The number of fused-ring (bicyclic) bond motifs is 1. The zero-order valence-electron chi connectivity index (χ0n) is 17.1. The summed E-state index contributed by atoms with van der Waals surface area (Å²) in [4.78, 5) is 51.1. The van der Waals surface area contributed by atoms with E-state index >= 15 is 0 Å². The van der Waals surface area contributed by atoms with Crippen LogP contribution in [-0.2, 0) is 16.1 Å². The van der Waals surface area contributed by atoms with Crippen molar-refractivity contribution in [1.82, 2.24) is 25.3 Å². The first-order chi connectivity index (χ1) is 15.2. The minimum atomic E-state index is -1.30. The largest absolute Gasteiger partial charge is 0.481 e. The van der Waals surface area contributed by atoms with Gasteiger partial charge in [-0.05, 0) is 37.6 Å². The van der Waals surface area contributed by atoms with E-state index in [1.54, 1.807) is 25.3 Å². The third-order valence-corrected chi connectivity index (χ3v) is 4.47. The highest BCUT2D eigenvalue weighted by Crippen LogP contribution is 2.15. The summed E-state index contributed by atoms with van der Waals surface area (Å²) >= 11 is 0. The molecule has 1 amide bonds. The van der Waals surface area contributed by atoms with E-state index in [0.29, 0.717) is 34.9 Å². The number of nitrogens with two attached hydrogens (primary N) is 1. The highest BCUT2D eigenvalue weighted by atomic mass is 16.4. The Kier molecular flexibility index (Phi) is 6.73. The molecule has 0 saturated heterocycles. The molecule has 0 unspecified atom stereocenters. The minimum Gasteiger partial charge on any atom is -0.481 e. The first-order valence-corrected chi connectivity index (χ1v) is 9.58. The summed E-state index contributed by atoms with van der Waals surface area (Å²) in [6.45, 7) is 2.05. The number of amides is 1. The van der Waals surface area contributed by atoms with E-state index < -0.39 is 23.9 Å². The molecule has 0 fully saturated rings. The first-order valence-electron chi connectivity index (χ1n) is 9.58. The predicted molar refractivity (Wildman–Crippen MR) is 114 cm³/mol. The van der Waals surface area contributed by atoms with Crippen LogP contribution < -0.4 is 16.4 Å². The molecule has 0 bridgehead atoms. The van der Waals surface area contributed by atoms with Gasteiger partial charge in [0.15, 0.2) is 17.0 Å². The molecule has 0 saturated carbocycles.